The van der Waals surface area contributed by atoms with Crippen LogP contribution >= 0.6 is 0 Å². The lowest BCUT2D eigenvalue weighted by molar-refractivity contribution is -0.132. The second-order valence-corrected chi connectivity index (χ2v) is 11.1. The minimum Gasteiger partial charge on any atom is -0.507 e. The van der Waals surface area contributed by atoms with Crippen LogP contribution in [0.2, 0.25) is 0 Å². The van der Waals surface area contributed by atoms with Gasteiger partial charge < -0.3 is 14.7 Å². The minimum absolute atomic E-state index is 0.131. The summed E-state index contributed by atoms with van der Waals surface area (Å²) >= 11 is 0. The van der Waals surface area contributed by atoms with E-state index < -0.39 is 23.5 Å². The van der Waals surface area contributed by atoms with Crippen molar-refractivity contribution in [3.8, 4) is 5.75 Å². The molecule has 2 fully saturated rings. The summed E-state index contributed by atoms with van der Waals surface area (Å²) in [5.74, 6) is -1.96. The molecule has 2 aliphatic rings. The zero-order valence-corrected chi connectivity index (χ0v) is 22.7. The number of ketones is 1. The standard InChI is InChI=1S/C32H33FN2O4/c1-32(2,3)24-19-20(11-16-26(24)39-4)29(36)27-28(23-9-5-6-10-25(23)33)35(31(38)30(27)37)22-14-12-21(13-15-22)34-17-7-8-18-34/h5-6,9-16,19,28,36H,7-8,17-18H2,1-4H3/b29-27+. The number of aliphatic hydroxyl groups excluding tert-OH is 1. The molecular formula is C32H33FN2O4. The summed E-state index contributed by atoms with van der Waals surface area (Å²) in [6, 6.07) is 17.4. The molecule has 3 aromatic carbocycles. The van der Waals surface area contributed by atoms with Gasteiger partial charge in [-0.05, 0) is 66.8 Å². The van der Waals surface area contributed by atoms with E-state index in [-0.39, 0.29) is 22.3 Å². The molecule has 1 atom stereocenters. The molecular weight excluding hydrogens is 495 g/mol. The Hall–Kier alpha value is -4.13. The van der Waals surface area contributed by atoms with Crippen LogP contribution in [0.1, 0.15) is 56.3 Å². The lowest BCUT2D eigenvalue weighted by Crippen LogP contribution is -2.30. The number of Topliss-reactive ketones (excluding diaryl/α,β-unsaturated/α-hetero) is 1. The van der Waals surface area contributed by atoms with Crippen molar-refractivity contribution in [2.45, 2.75) is 45.1 Å². The minimum atomic E-state index is -1.14. The van der Waals surface area contributed by atoms with E-state index in [1.54, 1.807) is 55.6 Å². The highest BCUT2D eigenvalue weighted by Crippen LogP contribution is 2.44. The zero-order chi connectivity index (χ0) is 27.9. The van der Waals surface area contributed by atoms with Crippen molar-refractivity contribution in [1.82, 2.24) is 0 Å². The molecule has 1 unspecified atom stereocenters. The highest BCUT2D eigenvalue weighted by atomic mass is 19.1. The van der Waals surface area contributed by atoms with E-state index in [1.165, 1.54) is 11.0 Å². The van der Waals surface area contributed by atoms with Gasteiger partial charge in [-0.3, -0.25) is 14.5 Å². The molecule has 6 nitrogen and oxygen atoms in total. The smallest absolute Gasteiger partial charge is 0.300 e. The molecule has 39 heavy (non-hydrogen) atoms. The molecule has 5 rings (SSSR count). The maximum Gasteiger partial charge on any atom is 0.300 e. The van der Waals surface area contributed by atoms with Crippen LogP contribution in [0.25, 0.3) is 5.76 Å². The molecule has 1 N–H and O–H groups in total. The molecule has 0 spiro atoms. The third kappa shape index (κ3) is 4.78. The number of halogens is 1. The van der Waals surface area contributed by atoms with Gasteiger partial charge in [0, 0.05) is 41.2 Å². The van der Waals surface area contributed by atoms with E-state index in [0.717, 1.165) is 37.2 Å². The van der Waals surface area contributed by atoms with Crippen LogP contribution in [-0.2, 0) is 15.0 Å². The summed E-state index contributed by atoms with van der Waals surface area (Å²) in [5, 5.41) is 11.5. The number of anilines is 2. The van der Waals surface area contributed by atoms with E-state index in [1.807, 2.05) is 32.9 Å². The van der Waals surface area contributed by atoms with Gasteiger partial charge in [0.05, 0.1) is 18.7 Å². The van der Waals surface area contributed by atoms with Crippen molar-refractivity contribution in [3.63, 3.8) is 0 Å². The number of nitrogens with zero attached hydrogens (tertiary/aromatic N) is 2. The molecule has 1 amide bonds. The van der Waals surface area contributed by atoms with Crippen LogP contribution < -0.4 is 14.5 Å². The highest BCUT2D eigenvalue weighted by molar-refractivity contribution is 6.51. The van der Waals surface area contributed by atoms with Gasteiger partial charge in [-0.15, -0.1) is 0 Å². The van der Waals surface area contributed by atoms with Gasteiger partial charge in [0.2, 0.25) is 0 Å². The first-order valence-corrected chi connectivity index (χ1v) is 13.2. The molecule has 2 saturated heterocycles. The first kappa shape index (κ1) is 26.5. The summed E-state index contributed by atoms with van der Waals surface area (Å²) < 4.78 is 20.8. The van der Waals surface area contributed by atoms with Gasteiger partial charge in [-0.2, -0.15) is 0 Å². The number of aliphatic hydroxyl groups is 1. The first-order chi connectivity index (χ1) is 18.6. The van der Waals surface area contributed by atoms with Crippen molar-refractivity contribution in [2.75, 3.05) is 30.0 Å². The van der Waals surface area contributed by atoms with E-state index in [0.29, 0.717) is 17.0 Å². The van der Waals surface area contributed by atoms with Gasteiger partial charge in [0.25, 0.3) is 11.7 Å². The van der Waals surface area contributed by atoms with Gasteiger partial charge >= 0.3 is 0 Å². The van der Waals surface area contributed by atoms with Crippen LogP contribution in [0.15, 0.2) is 72.3 Å². The number of amides is 1. The molecule has 0 aromatic heterocycles. The lowest BCUT2D eigenvalue weighted by atomic mass is 9.84. The number of carbonyl (C=O) groups is 2. The second-order valence-electron chi connectivity index (χ2n) is 11.1. The number of carbonyl (C=O) groups excluding carboxylic acids is 2. The van der Waals surface area contributed by atoms with E-state index >= 15 is 4.39 Å². The Morgan fingerprint density at radius 1 is 0.949 bits per heavy atom. The van der Waals surface area contributed by atoms with Crippen molar-refractivity contribution in [1.29, 1.82) is 0 Å². The Bertz CT molecular complexity index is 1450. The van der Waals surface area contributed by atoms with Crippen LogP contribution in [0.4, 0.5) is 15.8 Å². The van der Waals surface area contributed by atoms with Crippen molar-refractivity contribution in [3.05, 3.63) is 94.8 Å². The van der Waals surface area contributed by atoms with Gasteiger partial charge in [0.1, 0.15) is 17.3 Å². The average Bonchev–Trinajstić information content (AvgIpc) is 3.55. The summed E-state index contributed by atoms with van der Waals surface area (Å²) in [6.07, 6.45) is 2.26. The third-order valence-electron chi connectivity index (χ3n) is 7.52. The monoisotopic (exact) mass is 528 g/mol. The predicted molar refractivity (Wildman–Crippen MR) is 151 cm³/mol. The predicted octanol–water partition coefficient (Wildman–Crippen LogP) is 6.36. The van der Waals surface area contributed by atoms with E-state index in [2.05, 4.69) is 4.90 Å². The van der Waals surface area contributed by atoms with Gasteiger partial charge in [-0.25, -0.2) is 4.39 Å². The van der Waals surface area contributed by atoms with E-state index in [9.17, 15) is 14.7 Å². The molecule has 2 heterocycles. The van der Waals surface area contributed by atoms with Crippen LogP contribution in [0, 0.1) is 5.82 Å². The molecule has 2 aliphatic heterocycles. The summed E-state index contributed by atoms with van der Waals surface area (Å²) in [6.45, 7) is 7.98. The number of rotatable bonds is 5. The Kier molecular flexibility index (Phi) is 6.93. The van der Waals surface area contributed by atoms with Crippen LogP contribution in [-0.4, -0.2) is 37.0 Å². The average molecular weight is 529 g/mol. The normalized spacial score (nSPS) is 19.2. The largest absolute Gasteiger partial charge is 0.507 e. The first-order valence-electron chi connectivity index (χ1n) is 13.2. The maximum atomic E-state index is 15.2. The van der Waals surface area contributed by atoms with Crippen LogP contribution in [0.5, 0.6) is 5.75 Å². The number of benzene rings is 3. The molecule has 0 bridgehead atoms. The maximum absolute atomic E-state index is 15.2. The van der Waals surface area contributed by atoms with Crippen molar-refractivity contribution < 1.29 is 23.8 Å². The molecule has 202 valence electrons. The fraction of sp³-hybridized carbons (Fsp3) is 0.312. The molecule has 7 heteroatoms. The Morgan fingerprint density at radius 2 is 1.59 bits per heavy atom. The third-order valence-corrected chi connectivity index (χ3v) is 7.52. The number of hydrogen-bond acceptors (Lipinski definition) is 5. The molecule has 0 saturated carbocycles. The van der Waals surface area contributed by atoms with E-state index in [4.69, 9.17) is 4.74 Å². The number of methoxy groups -OCH3 is 1. The quantitative estimate of drug-likeness (QED) is 0.237. The summed E-state index contributed by atoms with van der Waals surface area (Å²) in [4.78, 5) is 30.6. The molecule has 0 aliphatic carbocycles. The van der Waals surface area contributed by atoms with Crippen molar-refractivity contribution >= 4 is 28.8 Å². The number of hydrogen-bond donors (Lipinski definition) is 1. The summed E-state index contributed by atoms with van der Waals surface area (Å²) in [7, 11) is 1.57. The van der Waals surface area contributed by atoms with Crippen molar-refractivity contribution in [2.24, 2.45) is 0 Å². The molecule has 3 aromatic rings. The topological polar surface area (TPSA) is 70.1 Å². The Labute approximate surface area is 228 Å². The zero-order valence-electron chi connectivity index (χ0n) is 22.7. The van der Waals surface area contributed by atoms with Gasteiger partial charge in [0.15, 0.2) is 0 Å². The fourth-order valence-electron chi connectivity index (χ4n) is 5.49. The molecule has 0 radical (unpaired) electrons. The summed E-state index contributed by atoms with van der Waals surface area (Å²) in [5.41, 5.74) is 2.31. The lowest BCUT2D eigenvalue weighted by Gasteiger charge is -2.27. The Balaban J connectivity index is 1.66. The van der Waals surface area contributed by atoms with Gasteiger partial charge in [-0.1, -0.05) is 39.0 Å². The number of ether oxygens (including phenoxy) is 1. The van der Waals surface area contributed by atoms with Crippen LogP contribution in [0.3, 0.4) is 0 Å². The fourth-order valence-corrected chi connectivity index (χ4v) is 5.49. The second kappa shape index (κ2) is 10.2. The highest BCUT2D eigenvalue weighted by Gasteiger charge is 2.48. The SMILES string of the molecule is COc1ccc(/C(O)=C2\C(=O)C(=O)N(c3ccc(N4CCCC4)cc3)C2c2ccccc2F)cc1C(C)(C)C. The Morgan fingerprint density at radius 3 is 2.21 bits per heavy atom.